The zero-order valence-corrected chi connectivity index (χ0v) is 23.1. The summed E-state index contributed by atoms with van der Waals surface area (Å²) in [6.45, 7) is 8.06. The number of carbonyl (C=O) groups excluding carboxylic acids is 2. The standard InChI is InChI=1S/C29H35N7O4/c1-6-39-25-15-21(9-12-24(25)40-17-26(37)36(4)5)27(33-22-10-7-20(8-11-22)28(30)31)19(3)34-35-29(38)23-13-14-32-16-18(23)2/h7-16,27,33-34H,3,6,17H2,1-2,4-5H3,(H3,30,31)(H,35,38). The summed E-state index contributed by atoms with van der Waals surface area (Å²) in [4.78, 5) is 30.3. The molecule has 0 aliphatic rings. The molecule has 3 rings (SSSR count). The van der Waals surface area contributed by atoms with E-state index in [0.29, 0.717) is 34.9 Å². The predicted octanol–water partition coefficient (Wildman–Crippen LogP) is 3.14. The predicted molar refractivity (Wildman–Crippen MR) is 154 cm³/mol. The maximum atomic E-state index is 12.8. The number of amides is 2. The van der Waals surface area contributed by atoms with E-state index < -0.39 is 6.04 Å². The van der Waals surface area contributed by atoms with Crippen LogP contribution in [-0.4, -0.2) is 54.8 Å². The molecule has 40 heavy (non-hydrogen) atoms. The Morgan fingerprint density at radius 3 is 2.42 bits per heavy atom. The number of nitrogens with one attached hydrogen (secondary N) is 4. The maximum absolute atomic E-state index is 12.8. The zero-order chi connectivity index (χ0) is 29.2. The van der Waals surface area contributed by atoms with Gasteiger partial charge in [0, 0.05) is 43.3 Å². The van der Waals surface area contributed by atoms with E-state index in [-0.39, 0.29) is 24.3 Å². The number of nitrogens with zero attached hydrogens (tertiary/aromatic N) is 2. The number of carbonyl (C=O) groups is 2. The molecule has 210 valence electrons. The number of benzene rings is 2. The highest BCUT2D eigenvalue weighted by molar-refractivity contribution is 5.95. The lowest BCUT2D eigenvalue weighted by atomic mass is 10.0. The summed E-state index contributed by atoms with van der Waals surface area (Å²) in [5, 5.41) is 11.0. The first-order valence-corrected chi connectivity index (χ1v) is 12.6. The van der Waals surface area contributed by atoms with E-state index in [1.807, 2.05) is 13.0 Å². The minimum Gasteiger partial charge on any atom is -0.490 e. The number of likely N-dealkylation sites (N-methyl/N-ethyl adjacent to an activating group) is 1. The van der Waals surface area contributed by atoms with Crippen LogP contribution in [0.15, 0.2) is 73.2 Å². The van der Waals surface area contributed by atoms with Gasteiger partial charge in [0.15, 0.2) is 18.1 Å². The van der Waals surface area contributed by atoms with E-state index >= 15 is 0 Å². The van der Waals surface area contributed by atoms with Crippen molar-refractivity contribution in [2.24, 2.45) is 5.73 Å². The Labute approximate surface area is 233 Å². The average molecular weight is 546 g/mol. The lowest BCUT2D eigenvalue weighted by Gasteiger charge is -2.25. The molecule has 1 aromatic heterocycles. The second kappa shape index (κ2) is 13.7. The molecule has 0 fully saturated rings. The normalized spacial score (nSPS) is 11.1. The molecule has 2 amide bonds. The Hall–Kier alpha value is -5.06. The van der Waals surface area contributed by atoms with Gasteiger partial charge in [-0.05, 0) is 67.4 Å². The summed E-state index contributed by atoms with van der Waals surface area (Å²) < 4.78 is 11.6. The molecule has 0 radical (unpaired) electrons. The minimum absolute atomic E-state index is 0.0343. The van der Waals surface area contributed by atoms with Crippen LogP contribution < -0.4 is 31.4 Å². The Morgan fingerprint density at radius 1 is 1.07 bits per heavy atom. The molecule has 0 aliphatic heterocycles. The van der Waals surface area contributed by atoms with Crippen molar-refractivity contribution in [2.45, 2.75) is 19.9 Å². The Bertz CT molecular complexity index is 1370. The molecular formula is C29H35N7O4. The Morgan fingerprint density at radius 2 is 1.80 bits per heavy atom. The van der Waals surface area contributed by atoms with E-state index in [4.69, 9.17) is 20.6 Å². The number of nitrogens with two attached hydrogens (primary N) is 1. The van der Waals surface area contributed by atoms with Gasteiger partial charge < -0.3 is 30.8 Å². The highest BCUT2D eigenvalue weighted by Gasteiger charge is 2.20. The molecular weight excluding hydrogens is 510 g/mol. The lowest BCUT2D eigenvalue weighted by molar-refractivity contribution is -0.130. The Kier molecular flexibility index (Phi) is 10.1. The summed E-state index contributed by atoms with van der Waals surface area (Å²) in [6.07, 6.45) is 3.17. The smallest absolute Gasteiger partial charge is 0.269 e. The summed E-state index contributed by atoms with van der Waals surface area (Å²) in [5.74, 6) is 0.320. The molecule has 3 aromatic rings. The Balaban J connectivity index is 1.89. The van der Waals surface area contributed by atoms with Gasteiger partial charge in [-0.3, -0.25) is 25.4 Å². The van der Waals surface area contributed by atoms with Crippen molar-refractivity contribution >= 4 is 23.3 Å². The van der Waals surface area contributed by atoms with Crippen LogP contribution in [-0.2, 0) is 4.79 Å². The first-order valence-electron chi connectivity index (χ1n) is 12.6. The maximum Gasteiger partial charge on any atom is 0.269 e. The quantitative estimate of drug-likeness (QED) is 0.125. The zero-order valence-electron chi connectivity index (χ0n) is 23.1. The fourth-order valence-corrected chi connectivity index (χ4v) is 3.65. The van der Waals surface area contributed by atoms with Crippen molar-refractivity contribution in [1.29, 1.82) is 5.41 Å². The van der Waals surface area contributed by atoms with Crippen LogP contribution in [0.3, 0.4) is 0 Å². The number of aromatic nitrogens is 1. The van der Waals surface area contributed by atoms with Gasteiger partial charge in [-0.15, -0.1) is 0 Å². The van der Waals surface area contributed by atoms with E-state index in [9.17, 15) is 9.59 Å². The fraction of sp³-hybridized carbons (Fsp3) is 0.241. The molecule has 1 atom stereocenters. The number of hydrogen-bond donors (Lipinski definition) is 5. The number of hydrogen-bond acceptors (Lipinski definition) is 8. The van der Waals surface area contributed by atoms with E-state index in [1.54, 1.807) is 75.9 Å². The van der Waals surface area contributed by atoms with Gasteiger partial charge in [-0.25, -0.2) is 0 Å². The van der Waals surface area contributed by atoms with Gasteiger partial charge in [0.25, 0.3) is 11.8 Å². The summed E-state index contributed by atoms with van der Waals surface area (Å²) in [5.41, 5.74) is 14.9. The van der Waals surface area contributed by atoms with Gasteiger partial charge >= 0.3 is 0 Å². The highest BCUT2D eigenvalue weighted by atomic mass is 16.5. The van der Waals surface area contributed by atoms with Gasteiger partial charge in [0.1, 0.15) is 5.84 Å². The minimum atomic E-state index is -0.543. The largest absolute Gasteiger partial charge is 0.490 e. The topological polar surface area (TPSA) is 155 Å². The number of rotatable bonds is 13. The lowest BCUT2D eigenvalue weighted by Crippen LogP contribution is -2.39. The highest BCUT2D eigenvalue weighted by Crippen LogP contribution is 2.34. The molecule has 6 N–H and O–H groups in total. The van der Waals surface area contributed by atoms with E-state index in [2.05, 4.69) is 27.7 Å². The van der Waals surface area contributed by atoms with Crippen molar-refractivity contribution in [3.63, 3.8) is 0 Å². The van der Waals surface area contributed by atoms with Crippen LogP contribution in [0, 0.1) is 12.3 Å². The molecule has 11 nitrogen and oxygen atoms in total. The van der Waals surface area contributed by atoms with Crippen LogP contribution in [0.25, 0.3) is 0 Å². The fourth-order valence-electron chi connectivity index (χ4n) is 3.65. The van der Waals surface area contributed by atoms with Gasteiger partial charge in [0.05, 0.1) is 18.3 Å². The molecule has 1 unspecified atom stereocenters. The number of aryl methyl sites for hydroxylation is 1. The molecule has 1 heterocycles. The third-order valence-corrected chi connectivity index (χ3v) is 5.91. The number of ether oxygens (including phenoxy) is 2. The first kappa shape index (κ1) is 29.5. The summed E-state index contributed by atoms with van der Waals surface area (Å²) in [6, 6.07) is 13.5. The van der Waals surface area contributed by atoms with Crippen LogP contribution in [0.4, 0.5) is 5.69 Å². The average Bonchev–Trinajstić information content (AvgIpc) is 2.94. The van der Waals surface area contributed by atoms with Crippen molar-refractivity contribution in [3.8, 4) is 11.5 Å². The first-order chi connectivity index (χ1) is 19.1. The summed E-state index contributed by atoms with van der Waals surface area (Å²) in [7, 11) is 3.32. The van der Waals surface area contributed by atoms with Crippen LogP contribution in [0.2, 0.25) is 0 Å². The number of amidine groups is 1. The summed E-state index contributed by atoms with van der Waals surface area (Å²) >= 11 is 0. The third-order valence-electron chi connectivity index (χ3n) is 5.91. The van der Waals surface area contributed by atoms with E-state index in [0.717, 1.165) is 16.8 Å². The van der Waals surface area contributed by atoms with Crippen LogP contribution in [0.1, 0.15) is 40.0 Å². The van der Waals surface area contributed by atoms with Gasteiger partial charge in [-0.2, -0.15) is 0 Å². The van der Waals surface area contributed by atoms with Crippen molar-refractivity contribution in [1.82, 2.24) is 20.7 Å². The number of nitrogen functional groups attached to an aromatic ring is 1. The SMILES string of the molecule is C=C(NNC(=O)c1ccncc1C)C(Nc1ccc(C(=N)N)cc1)c1ccc(OCC(=O)N(C)C)c(OCC)c1. The molecule has 11 heteroatoms. The molecule has 0 saturated heterocycles. The van der Waals surface area contributed by atoms with Crippen molar-refractivity contribution in [3.05, 3.63) is 95.5 Å². The number of hydrazine groups is 1. The second-order valence-electron chi connectivity index (χ2n) is 9.08. The molecule has 0 spiro atoms. The van der Waals surface area contributed by atoms with Crippen molar-refractivity contribution in [2.75, 3.05) is 32.6 Å². The van der Waals surface area contributed by atoms with Crippen molar-refractivity contribution < 1.29 is 19.1 Å². The monoisotopic (exact) mass is 545 g/mol. The number of anilines is 1. The molecule has 0 aliphatic carbocycles. The van der Waals surface area contributed by atoms with Gasteiger partial charge in [0.2, 0.25) is 0 Å². The molecule has 0 bridgehead atoms. The second-order valence-corrected chi connectivity index (χ2v) is 9.08. The molecule has 2 aromatic carbocycles. The van der Waals surface area contributed by atoms with E-state index in [1.165, 1.54) is 4.90 Å². The van der Waals surface area contributed by atoms with Crippen LogP contribution >= 0.6 is 0 Å². The van der Waals surface area contributed by atoms with Crippen LogP contribution in [0.5, 0.6) is 11.5 Å². The third kappa shape index (κ3) is 7.73. The number of pyridine rings is 1. The molecule has 0 saturated carbocycles. The van der Waals surface area contributed by atoms with Gasteiger partial charge in [-0.1, -0.05) is 12.6 Å².